The van der Waals surface area contributed by atoms with E-state index in [-0.39, 0.29) is 11.2 Å². The van der Waals surface area contributed by atoms with Crippen LogP contribution < -0.4 is 0 Å². The summed E-state index contributed by atoms with van der Waals surface area (Å²) in [7, 11) is -2.83. The van der Waals surface area contributed by atoms with Gasteiger partial charge in [0.1, 0.15) is 9.84 Å². The largest absolute Gasteiger partial charge is 0.229 e. The van der Waals surface area contributed by atoms with Gasteiger partial charge in [-0.25, -0.2) is 8.42 Å². The highest BCUT2D eigenvalue weighted by Crippen LogP contribution is 2.48. The van der Waals surface area contributed by atoms with Crippen molar-refractivity contribution in [2.45, 2.75) is 66.2 Å². The van der Waals surface area contributed by atoms with E-state index in [9.17, 15) is 8.42 Å². The predicted octanol–water partition coefficient (Wildman–Crippen LogP) is 4.66. The zero-order chi connectivity index (χ0) is 15.4. The van der Waals surface area contributed by atoms with Gasteiger partial charge in [0.2, 0.25) is 0 Å². The van der Waals surface area contributed by atoms with Crippen molar-refractivity contribution >= 4 is 21.4 Å². The molecule has 1 aliphatic carbocycles. The van der Waals surface area contributed by atoms with Crippen LogP contribution in [0.25, 0.3) is 0 Å². The van der Waals surface area contributed by atoms with Gasteiger partial charge in [0, 0.05) is 11.6 Å². The molecule has 0 spiro atoms. The third-order valence-electron chi connectivity index (χ3n) is 5.16. The molecule has 1 rings (SSSR count). The van der Waals surface area contributed by atoms with Crippen molar-refractivity contribution in [2.24, 2.45) is 16.7 Å². The van der Waals surface area contributed by atoms with Crippen molar-refractivity contribution in [3.05, 3.63) is 0 Å². The third kappa shape index (κ3) is 5.22. The van der Waals surface area contributed by atoms with Gasteiger partial charge in [0.15, 0.2) is 0 Å². The van der Waals surface area contributed by atoms with Crippen molar-refractivity contribution in [2.75, 3.05) is 17.4 Å². The minimum Gasteiger partial charge on any atom is -0.229 e. The number of halogens is 1. The first-order chi connectivity index (χ1) is 9.14. The topological polar surface area (TPSA) is 34.1 Å². The highest BCUT2D eigenvalue weighted by atomic mass is 35.5. The van der Waals surface area contributed by atoms with Crippen molar-refractivity contribution in [1.82, 2.24) is 0 Å². The molecule has 0 saturated heterocycles. The lowest BCUT2D eigenvalue weighted by molar-refractivity contribution is 0.0953. The average Bonchev–Trinajstić information content (AvgIpc) is 2.38. The van der Waals surface area contributed by atoms with Crippen molar-refractivity contribution < 1.29 is 8.42 Å². The second-order valence-corrected chi connectivity index (χ2v) is 10.4. The van der Waals surface area contributed by atoms with Gasteiger partial charge in [-0.3, -0.25) is 0 Å². The minimum absolute atomic E-state index is 0.187. The molecule has 120 valence electrons. The molecule has 1 saturated carbocycles. The van der Waals surface area contributed by atoms with Crippen LogP contribution in [-0.2, 0) is 9.84 Å². The number of alkyl halides is 1. The lowest BCUT2D eigenvalue weighted by Gasteiger charge is -2.43. The van der Waals surface area contributed by atoms with E-state index < -0.39 is 9.84 Å². The molecular weight excluding hydrogens is 292 g/mol. The summed E-state index contributed by atoms with van der Waals surface area (Å²) in [6.45, 7) is 8.68. The predicted molar refractivity (Wildman–Crippen MR) is 88.1 cm³/mol. The molecule has 0 aliphatic heterocycles. The molecule has 0 aromatic rings. The van der Waals surface area contributed by atoms with Crippen LogP contribution in [0, 0.1) is 16.7 Å². The highest BCUT2D eigenvalue weighted by molar-refractivity contribution is 7.91. The fourth-order valence-electron chi connectivity index (χ4n) is 3.36. The fourth-order valence-corrected chi connectivity index (χ4v) is 4.63. The summed E-state index contributed by atoms with van der Waals surface area (Å²) in [5, 5.41) is 0. The summed E-state index contributed by atoms with van der Waals surface area (Å²) in [6.07, 6.45) is 6.51. The van der Waals surface area contributed by atoms with Crippen LogP contribution in [0.3, 0.4) is 0 Å². The average molecular weight is 323 g/mol. The van der Waals surface area contributed by atoms with Crippen LogP contribution in [0.15, 0.2) is 0 Å². The highest BCUT2D eigenvalue weighted by Gasteiger charge is 2.37. The summed E-state index contributed by atoms with van der Waals surface area (Å²) in [5.41, 5.74) is 0.566. The van der Waals surface area contributed by atoms with Crippen molar-refractivity contribution in [3.8, 4) is 0 Å². The monoisotopic (exact) mass is 322 g/mol. The van der Waals surface area contributed by atoms with Crippen LogP contribution in [0.5, 0.6) is 0 Å². The summed E-state index contributed by atoms with van der Waals surface area (Å²) >= 11 is 6.23. The molecule has 0 aromatic heterocycles. The molecule has 2 nitrogen and oxygen atoms in total. The van der Waals surface area contributed by atoms with Gasteiger partial charge >= 0.3 is 0 Å². The Balaban J connectivity index is 2.51. The SMILES string of the molecule is CCS(=O)(=O)CCCC1(CCl)CCC(C(C)(C)C)CC1. The zero-order valence-corrected chi connectivity index (χ0v) is 15.1. The van der Waals surface area contributed by atoms with E-state index in [1.807, 2.05) is 0 Å². The molecule has 0 aromatic carbocycles. The van der Waals surface area contributed by atoms with Gasteiger partial charge in [-0.2, -0.15) is 0 Å². The molecule has 0 N–H and O–H groups in total. The van der Waals surface area contributed by atoms with E-state index in [1.165, 1.54) is 12.8 Å². The first-order valence-corrected chi connectivity index (χ1v) is 10.3. The number of sulfone groups is 1. The zero-order valence-electron chi connectivity index (χ0n) is 13.5. The Kier molecular flexibility index (Phi) is 6.40. The molecular formula is C16H31ClO2S. The van der Waals surface area contributed by atoms with E-state index in [4.69, 9.17) is 11.6 Å². The molecule has 0 unspecified atom stereocenters. The molecule has 0 radical (unpaired) electrons. The van der Waals surface area contributed by atoms with Crippen LogP contribution in [-0.4, -0.2) is 25.8 Å². The van der Waals surface area contributed by atoms with Gasteiger partial charge < -0.3 is 0 Å². The first kappa shape index (κ1) is 18.3. The first-order valence-electron chi connectivity index (χ1n) is 7.90. The summed E-state index contributed by atoms with van der Waals surface area (Å²) < 4.78 is 23.2. The maximum atomic E-state index is 11.6. The Morgan fingerprint density at radius 2 is 1.75 bits per heavy atom. The molecule has 0 heterocycles. The van der Waals surface area contributed by atoms with E-state index in [0.29, 0.717) is 17.0 Å². The Hall–Kier alpha value is 0.240. The third-order valence-corrected chi connectivity index (χ3v) is 7.51. The molecule has 0 bridgehead atoms. The van der Waals surface area contributed by atoms with Crippen LogP contribution >= 0.6 is 11.6 Å². The quantitative estimate of drug-likeness (QED) is 0.666. The van der Waals surface area contributed by atoms with Crippen LogP contribution in [0.2, 0.25) is 0 Å². The Morgan fingerprint density at radius 3 is 2.15 bits per heavy atom. The van der Waals surface area contributed by atoms with Gasteiger partial charge in [0.25, 0.3) is 0 Å². The molecule has 1 fully saturated rings. The van der Waals surface area contributed by atoms with E-state index in [2.05, 4.69) is 20.8 Å². The number of hydrogen-bond acceptors (Lipinski definition) is 2. The van der Waals surface area contributed by atoms with Crippen molar-refractivity contribution in [1.29, 1.82) is 0 Å². The minimum atomic E-state index is -2.83. The van der Waals surface area contributed by atoms with E-state index in [1.54, 1.807) is 6.92 Å². The van der Waals surface area contributed by atoms with Gasteiger partial charge in [0.05, 0.1) is 5.75 Å². The smallest absolute Gasteiger partial charge is 0.150 e. The van der Waals surface area contributed by atoms with Gasteiger partial charge in [-0.1, -0.05) is 27.7 Å². The summed E-state index contributed by atoms with van der Waals surface area (Å²) in [4.78, 5) is 0. The number of rotatable bonds is 6. The van der Waals surface area contributed by atoms with Crippen LogP contribution in [0.4, 0.5) is 0 Å². The van der Waals surface area contributed by atoms with Gasteiger partial charge in [-0.05, 0) is 55.3 Å². The maximum absolute atomic E-state index is 11.6. The molecule has 20 heavy (non-hydrogen) atoms. The van der Waals surface area contributed by atoms with E-state index in [0.717, 1.165) is 31.6 Å². The fraction of sp³-hybridized carbons (Fsp3) is 1.00. The summed E-state index contributed by atoms with van der Waals surface area (Å²) in [6, 6.07) is 0. The second kappa shape index (κ2) is 7.00. The Bertz CT molecular complexity index is 387. The normalized spacial score (nSPS) is 28.6. The maximum Gasteiger partial charge on any atom is 0.150 e. The molecule has 1 aliphatic rings. The Morgan fingerprint density at radius 1 is 1.20 bits per heavy atom. The second-order valence-electron chi connectivity index (χ2n) is 7.61. The standard InChI is InChI=1S/C16H31ClO2S/c1-5-20(18,19)12-6-9-16(13-17)10-7-14(8-11-16)15(2,3)4/h14H,5-13H2,1-4H3. The summed E-state index contributed by atoms with van der Waals surface area (Å²) in [5.74, 6) is 2.03. The molecule has 4 heteroatoms. The van der Waals surface area contributed by atoms with E-state index >= 15 is 0 Å². The Labute approximate surface area is 130 Å². The molecule has 0 atom stereocenters. The molecule has 0 amide bonds. The lowest BCUT2D eigenvalue weighted by atomic mass is 9.63. The number of hydrogen-bond donors (Lipinski definition) is 0. The van der Waals surface area contributed by atoms with Crippen LogP contribution in [0.1, 0.15) is 66.2 Å². The lowest BCUT2D eigenvalue weighted by Crippen LogP contribution is -2.34. The van der Waals surface area contributed by atoms with Crippen molar-refractivity contribution in [3.63, 3.8) is 0 Å². The van der Waals surface area contributed by atoms with Gasteiger partial charge in [-0.15, -0.1) is 11.6 Å².